The molecule has 2 N–H and O–H groups in total. The lowest BCUT2D eigenvalue weighted by Crippen LogP contribution is -2.19. The monoisotopic (exact) mass is 288 g/mol. The Labute approximate surface area is 129 Å². The second kappa shape index (κ2) is 9.06. The van der Waals surface area contributed by atoms with Crippen LogP contribution in [0.2, 0.25) is 0 Å². The van der Waals surface area contributed by atoms with Gasteiger partial charge in [0.2, 0.25) is 0 Å². The quantitative estimate of drug-likeness (QED) is 0.768. The minimum absolute atomic E-state index is 0.251. The van der Waals surface area contributed by atoms with Crippen molar-refractivity contribution < 1.29 is 10.2 Å². The fraction of sp³-hybridized carbons (Fsp3) is 0.368. The van der Waals surface area contributed by atoms with Crippen LogP contribution in [-0.2, 0) is 5.41 Å². The summed E-state index contributed by atoms with van der Waals surface area (Å²) in [5, 5.41) is 19.8. The molecule has 0 aliphatic rings. The number of hydrogen-bond donors (Lipinski definition) is 2. The maximum Gasteiger partial charge on any atom is 0.119 e. The fourth-order valence-electron chi connectivity index (χ4n) is 2.15. The molecular formula is C19H28O2. The molecule has 0 atom stereocenters. The molecular weight excluding hydrogens is 260 g/mol. The highest BCUT2D eigenvalue weighted by atomic mass is 16.3. The molecule has 2 heteroatoms. The predicted molar refractivity (Wildman–Crippen MR) is 91.0 cm³/mol. The predicted octanol–water partition coefficient (Wildman–Crippen LogP) is 5.48. The third kappa shape index (κ3) is 4.52. The van der Waals surface area contributed by atoms with Crippen LogP contribution in [0.3, 0.4) is 0 Å². The van der Waals surface area contributed by atoms with Crippen molar-refractivity contribution in [3.05, 3.63) is 59.7 Å². The lowest BCUT2D eigenvalue weighted by Gasteiger charge is -2.27. The molecule has 116 valence electrons. The molecule has 0 bridgehead atoms. The van der Waals surface area contributed by atoms with Crippen LogP contribution in [0, 0.1) is 0 Å². The molecule has 0 saturated carbocycles. The topological polar surface area (TPSA) is 40.5 Å². The van der Waals surface area contributed by atoms with Crippen molar-refractivity contribution in [2.24, 2.45) is 0 Å². The third-order valence-electron chi connectivity index (χ3n) is 3.15. The van der Waals surface area contributed by atoms with Gasteiger partial charge in [-0.2, -0.15) is 0 Å². The minimum atomic E-state index is -0.434. The molecule has 0 aromatic heterocycles. The van der Waals surface area contributed by atoms with E-state index in [1.807, 2.05) is 65.8 Å². The van der Waals surface area contributed by atoms with Gasteiger partial charge in [0, 0.05) is 16.5 Å². The molecule has 0 aliphatic carbocycles. The Hall–Kier alpha value is -1.96. The molecule has 0 radical (unpaired) electrons. The van der Waals surface area contributed by atoms with Crippen LogP contribution in [0.25, 0.3) is 0 Å². The summed E-state index contributed by atoms with van der Waals surface area (Å²) in [6.45, 7) is 12.0. The first kappa shape index (κ1) is 19.0. The number of aromatic hydroxyl groups is 2. The molecule has 0 aliphatic heterocycles. The molecule has 0 spiro atoms. The Bertz CT molecular complexity index is 483. The summed E-state index contributed by atoms with van der Waals surface area (Å²) in [7, 11) is 0. The van der Waals surface area contributed by atoms with Crippen LogP contribution in [0.1, 0.15) is 52.7 Å². The Morgan fingerprint density at radius 1 is 0.619 bits per heavy atom. The minimum Gasteiger partial charge on any atom is -0.508 e. The SMILES string of the molecule is CC.CC.CC(C)(c1ccccc1O)c1ccccc1O. The molecule has 2 aromatic carbocycles. The number of benzene rings is 2. The van der Waals surface area contributed by atoms with Crippen molar-refractivity contribution in [3.63, 3.8) is 0 Å². The zero-order valence-electron chi connectivity index (χ0n) is 14.0. The first-order valence-electron chi connectivity index (χ1n) is 7.60. The summed E-state index contributed by atoms with van der Waals surface area (Å²) in [5.74, 6) is 0.501. The van der Waals surface area contributed by atoms with E-state index in [1.54, 1.807) is 24.3 Å². The van der Waals surface area contributed by atoms with E-state index >= 15 is 0 Å². The van der Waals surface area contributed by atoms with Gasteiger partial charge in [-0.25, -0.2) is 0 Å². The first-order chi connectivity index (χ1) is 10.0. The largest absolute Gasteiger partial charge is 0.508 e. The Kier molecular flexibility index (Phi) is 8.22. The number of phenols is 2. The number of para-hydroxylation sites is 2. The fourth-order valence-corrected chi connectivity index (χ4v) is 2.15. The standard InChI is InChI=1S/C15H16O2.2C2H6/c1-15(2,11-7-3-5-9-13(11)16)12-8-4-6-10-14(12)17;2*1-2/h3-10,16-17H,1-2H3;2*1-2H3. The highest BCUT2D eigenvalue weighted by molar-refractivity contribution is 5.49. The van der Waals surface area contributed by atoms with Gasteiger partial charge in [0.05, 0.1) is 0 Å². The molecule has 0 heterocycles. The van der Waals surface area contributed by atoms with Crippen LogP contribution in [0.15, 0.2) is 48.5 Å². The number of rotatable bonds is 2. The highest BCUT2D eigenvalue weighted by Gasteiger charge is 2.28. The van der Waals surface area contributed by atoms with Crippen LogP contribution in [-0.4, -0.2) is 10.2 Å². The van der Waals surface area contributed by atoms with E-state index in [4.69, 9.17) is 0 Å². The van der Waals surface area contributed by atoms with Gasteiger partial charge in [0.15, 0.2) is 0 Å². The summed E-state index contributed by atoms with van der Waals surface area (Å²) in [6.07, 6.45) is 0. The van der Waals surface area contributed by atoms with Gasteiger partial charge >= 0.3 is 0 Å². The zero-order chi connectivity index (χ0) is 16.5. The van der Waals surface area contributed by atoms with Crippen LogP contribution in [0.5, 0.6) is 11.5 Å². The zero-order valence-corrected chi connectivity index (χ0v) is 14.0. The number of hydrogen-bond acceptors (Lipinski definition) is 2. The van der Waals surface area contributed by atoms with Crippen molar-refractivity contribution in [2.75, 3.05) is 0 Å². The van der Waals surface area contributed by atoms with E-state index < -0.39 is 5.41 Å². The van der Waals surface area contributed by atoms with E-state index in [9.17, 15) is 10.2 Å². The summed E-state index contributed by atoms with van der Waals surface area (Å²) >= 11 is 0. The highest BCUT2D eigenvalue weighted by Crippen LogP contribution is 2.39. The Morgan fingerprint density at radius 2 is 0.905 bits per heavy atom. The average molecular weight is 288 g/mol. The molecule has 0 amide bonds. The van der Waals surface area contributed by atoms with Gasteiger partial charge in [-0.1, -0.05) is 77.9 Å². The van der Waals surface area contributed by atoms with E-state index in [0.29, 0.717) is 0 Å². The lowest BCUT2D eigenvalue weighted by atomic mass is 9.77. The molecule has 0 fully saturated rings. The van der Waals surface area contributed by atoms with Crippen LogP contribution >= 0.6 is 0 Å². The van der Waals surface area contributed by atoms with E-state index in [2.05, 4.69) is 0 Å². The molecule has 2 aromatic rings. The maximum absolute atomic E-state index is 9.92. The second-order valence-corrected chi connectivity index (χ2v) is 4.66. The summed E-state index contributed by atoms with van der Waals surface area (Å²) in [4.78, 5) is 0. The van der Waals surface area contributed by atoms with Crippen LogP contribution < -0.4 is 0 Å². The normalized spacial score (nSPS) is 9.81. The third-order valence-corrected chi connectivity index (χ3v) is 3.15. The van der Waals surface area contributed by atoms with Crippen molar-refractivity contribution in [1.29, 1.82) is 0 Å². The van der Waals surface area contributed by atoms with Gasteiger partial charge in [0.1, 0.15) is 11.5 Å². The first-order valence-corrected chi connectivity index (χ1v) is 7.60. The van der Waals surface area contributed by atoms with Gasteiger partial charge in [0.25, 0.3) is 0 Å². The van der Waals surface area contributed by atoms with Crippen LogP contribution in [0.4, 0.5) is 0 Å². The van der Waals surface area contributed by atoms with Crippen molar-refractivity contribution in [3.8, 4) is 11.5 Å². The van der Waals surface area contributed by atoms with Crippen molar-refractivity contribution in [1.82, 2.24) is 0 Å². The molecule has 0 unspecified atom stereocenters. The van der Waals surface area contributed by atoms with Gasteiger partial charge in [-0.3, -0.25) is 0 Å². The van der Waals surface area contributed by atoms with Gasteiger partial charge in [-0.05, 0) is 12.1 Å². The van der Waals surface area contributed by atoms with E-state index in [1.165, 1.54) is 0 Å². The summed E-state index contributed by atoms with van der Waals surface area (Å²) in [6, 6.07) is 14.4. The van der Waals surface area contributed by atoms with E-state index in [-0.39, 0.29) is 11.5 Å². The lowest BCUT2D eigenvalue weighted by molar-refractivity contribution is 0.435. The van der Waals surface area contributed by atoms with E-state index in [0.717, 1.165) is 11.1 Å². The smallest absolute Gasteiger partial charge is 0.119 e. The Morgan fingerprint density at radius 3 is 1.19 bits per heavy atom. The second-order valence-electron chi connectivity index (χ2n) is 4.66. The number of phenolic OH excluding ortho intramolecular Hbond substituents is 2. The molecule has 2 rings (SSSR count). The molecule has 2 nitrogen and oxygen atoms in total. The average Bonchev–Trinajstić information content (AvgIpc) is 2.52. The van der Waals surface area contributed by atoms with Crippen molar-refractivity contribution >= 4 is 0 Å². The van der Waals surface area contributed by atoms with Gasteiger partial charge in [-0.15, -0.1) is 0 Å². The van der Waals surface area contributed by atoms with Gasteiger partial charge < -0.3 is 10.2 Å². The molecule has 21 heavy (non-hydrogen) atoms. The Balaban J connectivity index is 0.000000921. The van der Waals surface area contributed by atoms with Crippen molar-refractivity contribution in [2.45, 2.75) is 47.0 Å². The summed E-state index contributed by atoms with van der Waals surface area (Å²) < 4.78 is 0. The molecule has 0 saturated heterocycles. The summed E-state index contributed by atoms with van der Waals surface area (Å²) in [5.41, 5.74) is 1.18. The maximum atomic E-state index is 9.92.